The third-order valence-corrected chi connectivity index (χ3v) is 5.97. The van der Waals surface area contributed by atoms with Gasteiger partial charge in [-0.2, -0.15) is 0 Å². The number of carbonyl (C=O) groups excluding carboxylic acids is 1. The number of carbonyl (C=O) groups is 1. The molecule has 0 radical (unpaired) electrons. The van der Waals surface area contributed by atoms with Crippen LogP contribution in [0.4, 0.5) is 0 Å². The number of hydrogen-bond acceptors (Lipinski definition) is 5. The molecule has 4 rings (SSSR count). The van der Waals surface area contributed by atoms with Gasteiger partial charge in [-0.25, -0.2) is 4.68 Å². The van der Waals surface area contributed by atoms with Gasteiger partial charge in [-0.1, -0.05) is 42.8 Å². The lowest BCUT2D eigenvalue weighted by Crippen LogP contribution is -2.16. The number of rotatable bonds is 5. The van der Waals surface area contributed by atoms with Crippen molar-refractivity contribution in [2.75, 3.05) is 0 Å². The van der Waals surface area contributed by atoms with Crippen molar-refractivity contribution >= 4 is 28.4 Å². The van der Waals surface area contributed by atoms with E-state index in [1.807, 2.05) is 42.8 Å². The average molecular weight is 355 g/mol. The van der Waals surface area contributed by atoms with Crippen molar-refractivity contribution in [2.24, 2.45) is 0 Å². The second-order valence-electron chi connectivity index (χ2n) is 6.64. The van der Waals surface area contributed by atoms with Gasteiger partial charge in [0, 0.05) is 22.2 Å². The fourth-order valence-corrected chi connectivity index (χ4v) is 4.57. The van der Waals surface area contributed by atoms with Gasteiger partial charge >= 0.3 is 0 Å². The minimum atomic E-state index is -0.246. The highest BCUT2D eigenvalue weighted by Crippen LogP contribution is 2.34. The normalized spacial score (nSPS) is 16.6. The summed E-state index contributed by atoms with van der Waals surface area (Å²) in [6.45, 7) is 3.88. The first-order chi connectivity index (χ1) is 12.1. The number of nitrogens with zero attached hydrogens (tertiary/aromatic N) is 4. The Labute approximate surface area is 150 Å². The Morgan fingerprint density at radius 1 is 1.32 bits per heavy atom. The summed E-state index contributed by atoms with van der Waals surface area (Å²) in [7, 11) is 0. The molecule has 1 aliphatic rings. The number of para-hydroxylation sites is 1. The summed E-state index contributed by atoms with van der Waals surface area (Å²) in [5.74, 6) is 0.112. The van der Waals surface area contributed by atoms with Crippen molar-refractivity contribution < 1.29 is 4.79 Å². The molecule has 0 spiro atoms. The molecule has 2 aromatic heterocycles. The third kappa shape index (κ3) is 2.97. The van der Waals surface area contributed by atoms with Gasteiger partial charge < -0.3 is 4.98 Å². The predicted octanol–water partition coefficient (Wildman–Crippen LogP) is 3.94. The van der Waals surface area contributed by atoms with Gasteiger partial charge in [0.2, 0.25) is 5.16 Å². The zero-order chi connectivity index (χ0) is 17.4. The van der Waals surface area contributed by atoms with Crippen LogP contribution in [0.2, 0.25) is 0 Å². The Hall–Kier alpha value is -2.15. The molecule has 1 atom stereocenters. The van der Waals surface area contributed by atoms with Crippen molar-refractivity contribution in [2.45, 2.75) is 56.0 Å². The number of fused-ring (bicyclic) bond motifs is 1. The third-order valence-electron chi connectivity index (χ3n) is 4.92. The number of hydrogen-bond donors (Lipinski definition) is 1. The molecule has 1 unspecified atom stereocenters. The summed E-state index contributed by atoms with van der Waals surface area (Å²) in [6, 6.07) is 8.30. The quantitative estimate of drug-likeness (QED) is 0.554. The van der Waals surface area contributed by atoms with Crippen LogP contribution < -0.4 is 0 Å². The zero-order valence-corrected chi connectivity index (χ0v) is 15.2. The smallest absolute Gasteiger partial charge is 0.210 e. The lowest BCUT2D eigenvalue weighted by Gasteiger charge is -2.13. The number of Topliss-reactive ketones (excluding diaryl/α,β-unsaturated/α-hetero) is 1. The van der Waals surface area contributed by atoms with Crippen LogP contribution in [0, 0.1) is 6.92 Å². The first kappa shape index (κ1) is 16.3. The molecule has 6 nitrogen and oxygen atoms in total. The van der Waals surface area contributed by atoms with Crippen LogP contribution in [0.15, 0.2) is 29.4 Å². The van der Waals surface area contributed by atoms with E-state index in [1.54, 1.807) is 0 Å². The Morgan fingerprint density at radius 2 is 2.08 bits per heavy atom. The summed E-state index contributed by atoms with van der Waals surface area (Å²) >= 11 is 1.45. The maximum atomic E-state index is 13.1. The molecule has 1 saturated carbocycles. The molecule has 7 heteroatoms. The standard InChI is InChI=1S/C18H21N5OS/c1-11-16(14-9-5-6-10-15(14)19-11)17(24)12(2)25-18-20-21-22-23(18)13-7-3-4-8-13/h5-6,9-10,12-13,19H,3-4,7-8H2,1-2H3. The zero-order valence-electron chi connectivity index (χ0n) is 14.4. The molecule has 1 N–H and O–H groups in total. The number of nitrogens with one attached hydrogen (secondary N) is 1. The van der Waals surface area contributed by atoms with Crippen molar-refractivity contribution in [1.29, 1.82) is 0 Å². The van der Waals surface area contributed by atoms with Gasteiger partial charge in [0.05, 0.1) is 11.3 Å². The van der Waals surface area contributed by atoms with Crippen LogP contribution in [0.5, 0.6) is 0 Å². The highest BCUT2D eigenvalue weighted by atomic mass is 32.2. The number of ketones is 1. The summed E-state index contributed by atoms with van der Waals surface area (Å²) in [5.41, 5.74) is 2.68. The molecule has 25 heavy (non-hydrogen) atoms. The summed E-state index contributed by atoms with van der Waals surface area (Å²) in [5, 5.41) is 13.6. The molecule has 1 aliphatic carbocycles. The van der Waals surface area contributed by atoms with Crippen LogP contribution in [0.3, 0.4) is 0 Å². The van der Waals surface area contributed by atoms with Crippen molar-refractivity contribution in [3.8, 4) is 0 Å². The SMILES string of the molecule is Cc1[nH]c2ccccc2c1C(=O)C(C)Sc1nnnn1C1CCCC1. The van der Waals surface area contributed by atoms with Crippen LogP contribution in [-0.2, 0) is 0 Å². The van der Waals surface area contributed by atoms with E-state index in [2.05, 4.69) is 20.5 Å². The first-order valence-corrected chi connectivity index (χ1v) is 9.59. The van der Waals surface area contributed by atoms with E-state index in [0.717, 1.165) is 40.2 Å². The largest absolute Gasteiger partial charge is 0.358 e. The van der Waals surface area contributed by atoms with Crippen LogP contribution in [0.1, 0.15) is 54.7 Å². The second-order valence-corrected chi connectivity index (χ2v) is 7.95. The fourth-order valence-electron chi connectivity index (χ4n) is 3.65. The molecule has 130 valence electrons. The van der Waals surface area contributed by atoms with Gasteiger partial charge in [-0.15, -0.1) is 5.10 Å². The number of aryl methyl sites for hydroxylation is 1. The Balaban J connectivity index is 1.59. The average Bonchev–Trinajstić information content (AvgIpc) is 3.32. The predicted molar refractivity (Wildman–Crippen MR) is 98.0 cm³/mol. The summed E-state index contributed by atoms with van der Waals surface area (Å²) < 4.78 is 1.91. The molecule has 2 heterocycles. The minimum absolute atomic E-state index is 0.112. The molecular weight excluding hydrogens is 334 g/mol. The fraction of sp³-hybridized carbons (Fsp3) is 0.444. The maximum Gasteiger partial charge on any atom is 0.210 e. The van der Waals surface area contributed by atoms with E-state index >= 15 is 0 Å². The van der Waals surface area contributed by atoms with Gasteiger partial charge in [0.1, 0.15) is 0 Å². The molecule has 0 saturated heterocycles. The van der Waals surface area contributed by atoms with Crippen molar-refractivity contribution in [3.05, 3.63) is 35.5 Å². The van der Waals surface area contributed by atoms with Crippen LogP contribution >= 0.6 is 11.8 Å². The molecule has 0 aliphatic heterocycles. The van der Waals surface area contributed by atoms with E-state index in [4.69, 9.17) is 0 Å². The first-order valence-electron chi connectivity index (χ1n) is 8.71. The number of tetrazole rings is 1. The second kappa shape index (κ2) is 6.63. The van der Waals surface area contributed by atoms with Crippen molar-refractivity contribution in [1.82, 2.24) is 25.2 Å². The van der Waals surface area contributed by atoms with Crippen LogP contribution in [-0.4, -0.2) is 36.2 Å². The van der Waals surface area contributed by atoms with E-state index in [-0.39, 0.29) is 11.0 Å². The molecule has 0 amide bonds. The van der Waals surface area contributed by atoms with Gasteiger partial charge in [-0.3, -0.25) is 4.79 Å². The van der Waals surface area contributed by atoms with E-state index in [9.17, 15) is 4.79 Å². The lowest BCUT2D eigenvalue weighted by atomic mass is 10.1. The van der Waals surface area contributed by atoms with Gasteiger partial charge in [0.15, 0.2) is 5.78 Å². The van der Waals surface area contributed by atoms with E-state index in [0.29, 0.717) is 6.04 Å². The highest BCUT2D eigenvalue weighted by Gasteiger charge is 2.27. The summed E-state index contributed by atoms with van der Waals surface area (Å²) in [6.07, 6.45) is 4.67. The highest BCUT2D eigenvalue weighted by molar-refractivity contribution is 8.00. The topological polar surface area (TPSA) is 76.5 Å². The Morgan fingerprint density at radius 3 is 2.88 bits per heavy atom. The van der Waals surface area contributed by atoms with Crippen molar-refractivity contribution in [3.63, 3.8) is 0 Å². The molecule has 1 fully saturated rings. The van der Waals surface area contributed by atoms with E-state index in [1.165, 1.54) is 24.6 Å². The molecule has 3 aromatic rings. The Bertz CT molecular complexity index is 909. The maximum absolute atomic E-state index is 13.1. The number of aromatic nitrogens is 5. The van der Waals surface area contributed by atoms with Crippen LogP contribution in [0.25, 0.3) is 10.9 Å². The summed E-state index contributed by atoms with van der Waals surface area (Å²) in [4.78, 5) is 16.4. The monoisotopic (exact) mass is 355 g/mol. The Kier molecular flexibility index (Phi) is 4.33. The molecule has 1 aromatic carbocycles. The number of H-pyrrole nitrogens is 1. The molecule has 0 bridgehead atoms. The van der Waals surface area contributed by atoms with Gasteiger partial charge in [-0.05, 0) is 43.2 Å². The number of aromatic amines is 1. The number of benzene rings is 1. The lowest BCUT2D eigenvalue weighted by molar-refractivity contribution is 0.0995. The van der Waals surface area contributed by atoms with Gasteiger partial charge in [0.25, 0.3) is 0 Å². The number of thioether (sulfide) groups is 1. The van der Waals surface area contributed by atoms with E-state index < -0.39 is 0 Å². The molecular formula is C18H21N5OS. The minimum Gasteiger partial charge on any atom is -0.358 e.